The van der Waals surface area contributed by atoms with E-state index < -0.39 is 29.4 Å². The summed E-state index contributed by atoms with van der Waals surface area (Å²) in [6.07, 6.45) is -7.55. The number of carbonyl (C=O) groups is 1. The zero-order valence-corrected chi connectivity index (χ0v) is 8.02. The van der Waals surface area contributed by atoms with E-state index in [4.69, 9.17) is 0 Å². The van der Waals surface area contributed by atoms with Gasteiger partial charge >= 0.3 is 18.2 Å². The van der Waals surface area contributed by atoms with Gasteiger partial charge in [0.1, 0.15) is 0 Å². The van der Waals surface area contributed by atoms with Crippen LogP contribution in [0.4, 0.5) is 32.4 Å². The molecule has 0 saturated heterocycles. The van der Waals surface area contributed by atoms with Gasteiger partial charge in [0.05, 0.1) is 0 Å². The number of anilines is 1. The summed E-state index contributed by atoms with van der Waals surface area (Å²) < 4.78 is 61.8. The molecule has 0 aliphatic rings. The lowest BCUT2D eigenvalue weighted by molar-refractivity contribution is -0.289. The zero-order chi connectivity index (χ0) is 13.3. The molecule has 17 heavy (non-hydrogen) atoms. The van der Waals surface area contributed by atoms with Gasteiger partial charge in [0.2, 0.25) is 0 Å². The maximum atomic E-state index is 12.9. The number of hydrogen-bond acceptors (Lipinski definition) is 1. The summed E-state index contributed by atoms with van der Waals surface area (Å²) in [5.41, 5.74) is -1.78. The predicted octanol–water partition coefficient (Wildman–Crippen LogP) is 3.30. The standard InChI is InChI=1S/C9H5F5NO2/c10-8(11,9(12,13)14)5-2-1-3-6(4-5)15-7(16)17/h1-4,15H. The summed E-state index contributed by atoms with van der Waals surface area (Å²) in [7, 11) is 0. The molecule has 0 aromatic heterocycles. The fourth-order valence-corrected chi connectivity index (χ4v) is 1.07. The van der Waals surface area contributed by atoms with Crippen LogP contribution in [0, 0.1) is 0 Å². The Morgan fingerprint density at radius 2 is 1.71 bits per heavy atom. The topological polar surface area (TPSA) is 49.0 Å². The third kappa shape index (κ3) is 2.83. The summed E-state index contributed by atoms with van der Waals surface area (Å²) in [6.45, 7) is 0. The van der Waals surface area contributed by atoms with Gasteiger partial charge in [-0.2, -0.15) is 22.0 Å². The van der Waals surface area contributed by atoms with Crippen LogP contribution < -0.4 is 5.32 Å². The smallest absolute Gasteiger partial charge is 0.288 e. The van der Waals surface area contributed by atoms with Crippen LogP contribution in [0.3, 0.4) is 0 Å². The average molecular weight is 254 g/mol. The van der Waals surface area contributed by atoms with Crippen LogP contribution in [0.15, 0.2) is 24.3 Å². The van der Waals surface area contributed by atoms with Gasteiger partial charge in [-0.1, -0.05) is 12.1 Å². The van der Waals surface area contributed by atoms with E-state index in [0.29, 0.717) is 12.1 Å². The van der Waals surface area contributed by atoms with Crippen LogP contribution in [-0.2, 0) is 11.0 Å². The van der Waals surface area contributed by atoms with Gasteiger partial charge < -0.3 is 0 Å². The SMILES string of the molecule is [O]C(=O)Nc1cccc(C(F)(F)C(F)(F)F)c1. The van der Waals surface area contributed by atoms with Crippen LogP contribution in [-0.4, -0.2) is 12.3 Å². The highest BCUT2D eigenvalue weighted by Crippen LogP contribution is 2.44. The average Bonchev–Trinajstić information content (AvgIpc) is 2.15. The lowest BCUT2D eigenvalue weighted by Gasteiger charge is -2.20. The van der Waals surface area contributed by atoms with Crippen molar-refractivity contribution in [1.82, 2.24) is 0 Å². The molecular weight excluding hydrogens is 249 g/mol. The molecule has 0 aliphatic carbocycles. The first-order chi connectivity index (χ1) is 7.64. The highest BCUT2D eigenvalue weighted by atomic mass is 19.4. The first-order valence-corrected chi connectivity index (χ1v) is 4.17. The van der Waals surface area contributed by atoms with E-state index in [1.165, 1.54) is 0 Å². The van der Waals surface area contributed by atoms with Crippen LogP contribution in [0.5, 0.6) is 0 Å². The lowest BCUT2D eigenvalue weighted by atomic mass is 10.1. The predicted molar refractivity (Wildman–Crippen MR) is 46.1 cm³/mol. The van der Waals surface area contributed by atoms with Gasteiger partial charge in [0.25, 0.3) is 0 Å². The molecule has 1 rings (SSSR count). The van der Waals surface area contributed by atoms with E-state index in [-0.39, 0.29) is 0 Å². The second kappa shape index (κ2) is 4.19. The van der Waals surface area contributed by atoms with E-state index in [1.54, 1.807) is 5.32 Å². The highest BCUT2D eigenvalue weighted by Gasteiger charge is 2.58. The highest BCUT2D eigenvalue weighted by molar-refractivity contribution is 5.82. The maximum absolute atomic E-state index is 12.9. The zero-order valence-electron chi connectivity index (χ0n) is 8.02. The quantitative estimate of drug-likeness (QED) is 0.808. The van der Waals surface area contributed by atoms with Gasteiger partial charge in [-0.05, 0) is 12.1 Å². The minimum absolute atomic E-state index is 0.392. The molecule has 1 aromatic carbocycles. The monoisotopic (exact) mass is 254 g/mol. The molecule has 8 heteroatoms. The molecule has 0 spiro atoms. The van der Waals surface area contributed by atoms with Crippen LogP contribution in [0.1, 0.15) is 5.56 Å². The molecule has 0 atom stereocenters. The van der Waals surface area contributed by atoms with Crippen molar-refractivity contribution in [2.75, 3.05) is 5.32 Å². The Kier molecular flexibility index (Phi) is 3.25. The van der Waals surface area contributed by atoms with E-state index in [2.05, 4.69) is 0 Å². The van der Waals surface area contributed by atoms with Crippen molar-refractivity contribution < 1.29 is 31.9 Å². The van der Waals surface area contributed by atoms with Gasteiger partial charge in [-0.15, -0.1) is 0 Å². The normalized spacial score (nSPS) is 12.3. The number of carbonyl (C=O) groups excluding carboxylic acids is 1. The Hall–Kier alpha value is -1.86. The summed E-state index contributed by atoms with van der Waals surface area (Å²) in [5.74, 6) is -5.05. The summed E-state index contributed by atoms with van der Waals surface area (Å²) in [6, 6.07) is 2.84. The Bertz CT molecular complexity index is 430. The van der Waals surface area contributed by atoms with Crippen LogP contribution in [0.2, 0.25) is 0 Å². The number of rotatable bonds is 2. The molecular formula is C9H5F5NO2. The van der Waals surface area contributed by atoms with Gasteiger partial charge in [0, 0.05) is 11.3 Å². The minimum atomic E-state index is -5.74. The van der Waals surface area contributed by atoms with Crippen molar-refractivity contribution in [3.8, 4) is 0 Å². The molecule has 0 unspecified atom stereocenters. The van der Waals surface area contributed by atoms with Crippen molar-refractivity contribution in [2.24, 2.45) is 0 Å². The third-order valence-corrected chi connectivity index (χ3v) is 1.83. The Balaban J connectivity index is 3.11. The van der Waals surface area contributed by atoms with E-state index in [9.17, 15) is 31.9 Å². The number of alkyl halides is 5. The van der Waals surface area contributed by atoms with Crippen molar-refractivity contribution in [3.05, 3.63) is 29.8 Å². The lowest BCUT2D eigenvalue weighted by Crippen LogP contribution is -2.33. The van der Waals surface area contributed by atoms with Gasteiger partial charge in [-0.25, -0.2) is 9.90 Å². The van der Waals surface area contributed by atoms with Gasteiger partial charge in [0.15, 0.2) is 0 Å². The molecule has 0 heterocycles. The maximum Gasteiger partial charge on any atom is 0.458 e. The first-order valence-electron chi connectivity index (χ1n) is 4.17. The molecule has 1 aromatic rings. The fraction of sp³-hybridized carbons (Fsp3) is 0.222. The number of amides is 1. The molecule has 93 valence electrons. The van der Waals surface area contributed by atoms with Crippen molar-refractivity contribution >= 4 is 11.8 Å². The number of halogens is 5. The van der Waals surface area contributed by atoms with E-state index >= 15 is 0 Å². The van der Waals surface area contributed by atoms with Crippen molar-refractivity contribution in [2.45, 2.75) is 12.1 Å². The molecule has 1 radical (unpaired) electrons. The van der Waals surface area contributed by atoms with E-state index in [0.717, 1.165) is 12.1 Å². The number of nitrogens with one attached hydrogen (secondary N) is 1. The molecule has 1 amide bonds. The van der Waals surface area contributed by atoms with Gasteiger partial charge in [-0.3, -0.25) is 5.32 Å². The molecule has 0 saturated carbocycles. The second-order valence-corrected chi connectivity index (χ2v) is 3.07. The molecule has 1 N–H and O–H groups in total. The van der Waals surface area contributed by atoms with Crippen LogP contribution in [0.25, 0.3) is 0 Å². The Labute approximate surface area is 91.9 Å². The summed E-state index contributed by atoms with van der Waals surface area (Å²) in [5, 5.41) is 11.7. The molecule has 3 nitrogen and oxygen atoms in total. The first kappa shape index (κ1) is 13.2. The van der Waals surface area contributed by atoms with Crippen molar-refractivity contribution in [3.63, 3.8) is 0 Å². The summed E-state index contributed by atoms with van der Waals surface area (Å²) >= 11 is 0. The van der Waals surface area contributed by atoms with E-state index in [1.807, 2.05) is 0 Å². The number of benzene rings is 1. The molecule has 0 aliphatic heterocycles. The minimum Gasteiger partial charge on any atom is -0.288 e. The van der Waals surface area contributed by atoms with Crippen molar-refractivity contribution in [1.29, 1.82) is 0 Å². The summed E-state index contributed by atoms with van der Waals surface area (Å²) in [4.78, 5) is 10.1. The third-order valence-electron chi connectivity index (χ3n) is 1.83. The fourth-order valence-electron chi connectivity index (χ4n) is 1.07. The second-order valence-electron chi connectivity index (χ2n) is 3.07. The Morgan fingerprint density at radius 3 is 2.18 bits per heavy atom. The number of hydrogen-bond donors (Lipinski definition) is 1. The largest absolute Gasteiger partial charge is 0.458 e. The molecule has 0 bridgehead atoms. The van der Waals surface area contributed by atoms with Crippen LogP contribution >= 0.6 is 0 Å². The molecule has 0 fully saturated rings. The Morgan fingerprint density at radius 1 is 1.12 bits per heavy atom.